The molecule has 1 aliphatic heterocycles. The number of carbonyl (C=O) groups excluding carboxylic acids is 3. The number of methoxy groups -OCH3 is 1. The van der Waals surface area contributed by atoms with E-state index in [4.69, 9.17) is 9.47 Å². The number of hydrogen-bond acceptors (Lipinski definition) is 6. The number of rotatable bonds is 11. The van der Waals surface area contributed by atoms with Gasteiger partial charge in [-0.05, 0) is 42.7 Å². The summed E-state index contributed by atoms with van der Waals surface area (Å²) in [4.78, 5) is 53.8. The second kappa shape index (κ2) is 11.2. The molecule has 2 aromatic carbocycles. The number of carbonyl (C=O) groups is 3. The van der Waals surface area contributed by atoms with Gasteiger partial charge in [0.15, 0.2) is 5.78 Å². The highest BCUT2D eigenvalue weighted by atomic mass is 16.6. The predicted octanol–water partition coefficient (Wildman–Crippen LogP) is 1.81. The fourth-order valence-corrected chi connectivity index (χ4v) is 3.97. The van der Waals surface area contributed by atoms with Gasteiger partial charge in [-0.2, -0.15) is 0 Å². The Kier molecular flexibility index (Phi) is 7.83. The monoisotopic (exact) mass is 503 g/mol. The van der Waals surface area contributed by atoms with Crippen LogP contribution in [0.1, 0.15) is 28.5 Å². The molecule has 0 radical (unpaired) electrons. The molecule has 1 fully saturated rings. The average molecular weight is 504 g/mol. The van der Waals surface area contributed by atoms with E-state index in [1.807, 2.05) is 30.3 Å². The molecule has 1 saturated heterocycles. The van der Waals surface area contributed by atoms with Crippen molar-refractivity contribution in [2.75, 3.05) is 13.7 Å². The molecule has 3 atom stereocenters. The summed E-state index contributed by atoms with van der Waals surface area (Å²) in [5.41, 5.74) is 0.297. The van der Waals surface area contributed by atoms with Crippen molar-refractivity contribution >= 4 is 17.6 Å². The van der Waals surface area contributed by atoms with Crippen molar-refractivity contribution in [3.05, 3.63) is 100.0 Å². The van der Waals surface area contributed by atoms with E-state index in [9.17, 15) is 19.2 Å². The first-order valence-electron chi connectivity index (χ1n) is 11.9. The van der Waals surface area contributed by atoms with Gasteiger partial charge < -0.3 is 25.1 Å². The van der Waals surface area contributed by atoms with Gasteiger partial charge in [0.25, 0.3) is 5.91 Å². The highest BCUT2D eigenvalue weighted by molar-refractivity contribution is 5.99. The molecule has 3 aromatic rings. The van der Waals surface area contributed by atoms with E-state index in [0.29, 0.717) is 12.4 Å². The van der Waals surface area contributed by atoms with E-state index < -0.39 is 35.1 Å². The molecule has 4 rings (SSSR count). The zero-order valence-corrected chi connectivity index (χ0v) is 20.7. The van der Waals surface area contributed by atoms with Crippen molar-refractivity contribution < 1.29 is 23.9 Å². The third-order valence-electron chi connectivity index (χ3n) is 6.25. The lowest BCUT2D eigenvalue weighted by Crippen LogP contribution is -2.55. The van der Waals surface area contributed by atoms with Crippen LogP contribution in [0.3, 0.4) is 0 Å². The third-order valence-corrected chi connectivity index (χ3v) is 6.25. The summed E-state index contributed by atoms with van der Waals surface area (Å²) in [5.74, 6) is -0.718. The maximum atomic E-state index is 13.5. The van der Waals surface area contributed by atoms with Gasteiger partial charge in [-0.3, -0.25) is 19.2 Å². The molecule has 2 heterocycles. The fourth-order valence-electron chi connectivity index (χ4n) is 3.97. The van der Waals surface area contributed by atoms with Crippen LogP contribution in [0.25, 0.3) is 0 Å². The molecule has 192 valence electrons. The van der Waals surface area contributed by atoms with Crippen molar-refractivity contribution in [1.82, 2.24) is 15.6 Å². The maximum Gasteiger partial charge on any atom is 0.268 e. The number of nitrogens with one attached hydrogen (secondary N) is 3. The van der Waals surface area contributed by atoms with Crippen LogP contribution in [0.2, 0.25) is 0 Å². The second-order valence-corrected chi connectivity index (χ2v) is 9.14. The van der Waals surface area contributed by atoms with Gasteiger partial charge >= 0.3 is 0 Å². The summed E-state index contributed by atoms with van der Waals surface area (Å²) in [5, 5.41) is 5.55. The van der Waals surface area contributed by atoms with Crippen molar-refractivity contribution in [3.63, 3.8) is 0 Å². The number of epoxide rings is 1. The molecule has 1 aromatic heterocycles. The van der Waals surface area contributed by atoms with E-state index >= 15 is 0 Å². The van der Waals surface area contributed by atoms with E-state index in [1.165, 1.54) is 18.2 Å². The minimum absolute atomic E-state index is 0.0239. The molecule has 0 bridgehead atoms. The Morgan fingerprint density at radius 3 is 2.19 bits per heavy atom. The third kappa shape index (κ3) is 6.71. The number of amides is 2. The molecule has 3 N–H and O–H groups in total. The van der Waals surface area contributed by atoms with Gasteiger partial charge in [0.1, 0.15) is 23.1 Å². The lowest BCUT2D eigenvalue weighted by atomic mass is 9.94. The van der Waals surface area contributed by atoms with Crippen LogP contribution in [-0.2, 0) is 27.2 Å². The number of benzene rings is 2. The van der Waals surface area contributed by atoms with Gasteiger partial charge in [-0.15, -0.1) is 0 Å². The Morgan fingerprint density at radius 1 is 0.919 bits per heavy atom. The standard InChI is InChI=1S/C28H29N3O6/c1-28(17-37-28)25(33)22(15-18-7-4-3-5-8-18)30-27(35)23(16-19-11-13-20(36-2)14-12-19)31-26(34)21-9-6-10-24(32)29-21/h3-14,22-23H,15-17H2,1-2H3,(H,29,32)(H,30,35)(H,31,34)/t22?,23-,28?/m0/s1. The predicted molar refractivity (Wildman–Crippen MR) is 136 cm³/mol. The van der Waals surface area contributed by atoms with Gasteiger partial charge in [-0.1, -0.05) is 48.5 Å². The smallest absolute Gasteiger partial charge is 0.268 e. The first-order valence-corrected chi connectivity index (χ1v) is 11.9. The number of pyridine rings is 1. The molecule has 2 amide bonds. The molecule has 37 heavy (non-hydrogen) atoms. The molecular formula is C28H29N3O6. The summed E-state index contributed by atoms with van der Waals surface area (Å²) in [6.07, 6.45) is 0.429. The summed E-state index contributed by atoms with van der Waals surface area (Å²) < 4.78 is 10.5. The van der Waals surface area contributed by atoms with Crippen LogP contribution in [0, 0.1) is 0 Å². The Morgan fingerprint density at radius 2 is 1.57 bits per heavy atom. The lowest BCUT2D eigenvalue weighted by molar-refractivity contribution is -0.131. The fraction of sp³-hybridized carbons (Fsp3) is 0.286. The van der Waals surface area contributed by atoms with Gasteiger partial charge in [0.05, 0.1) is 19.8 Å². The number of H-pyrrole nitrogens is 1. The van der Waals surface area contributed by atoms with Crippen LogP contribution >= 0.6 is 0 Å². The van der Waals surface area contributed by atoms with Crippen molar-refractivity contribution in [3.8, 4) is 5.75 Å². The Labute approximate surface area is 214 Å². The maximum absolute atomic E-state index is 13.5. The molecule has 0 spiro atoms. The molecule has 1 aliphatic rings. The van der Waals surface area contributed by atoms with E-state index in [1.54, 1.807) is 38.3 Å². The molecule has 9 nitrogen and oxygen atoms in total. The van der Waals surface area contributed by atoms with Crippen LogP contribution < -0.4 is 20.9 Å². The second-order valence-electron chi connectivity index (χ2n) is 9.14. The molecular weight excluding hydrogens is 474 g/mol. The largest absolute Gasteiger partial charge is 0.497 e. The van der Waals surface area contributed by atoms with E-state index in [0.717, 1.165) is 11.1 Å². The highest BCUT2D eigenvalue weighted by Gasteiger charge is 2.50. The number of Topliss-reactive ketones (excluding diaryl/α,β-unsaturated/α-hetero) is 1. The zero-order chi connectivity index (χ0) is 26.4. The Hall–Kier alpha value is -4.24. The first kappa shape index (κ1) is 25.8. The minimum Gasteiger partial charge on any atom is -0.497 e. The summed E-state index contributed by atoms with van der Waals surface area (Å²) >= 11 is 0. The summed E-state index contributed by atoms with van der Waals surface area (Å²) in [7, 11) is 1.56. The summed E-state index contributed by atoms with van der Waals surface area (Å²) in [6, 6.07) is 18.8. The molecule has 2 unspecified atom stereocenters. The van der Waals surface area contributed by atoms with E-state index in [2.05, 4.69) is 15.6 Å². The average Bonchev–Trinajstić information content (AvgIpc) is 3.66. The van der Waals surface area contributed by atoms with Crippen LogP contribution in [-0.4, -0.2) is 54.0 Å². The Bertz CT molecular complexity index is 1320. The first-order chi connectivity index (χ1) is 17.8. The van der Waals surface area contributed by atoms with Gasteiger partial charge in [0.2, 0.25) is 11.5 Å². The normalized spacial score (nSPS) is 17.8. The van der Waals surface area contributed by atoms with Crippen molar-refractivity contribution in [2.24, 2.45) is 0 Å². The number of aromatic nitrogens is 1. The number of ether oxygens (including phenoxy) is 2. The van der Waals surface area contributed by atoms with Crippen LogP contribution in [0.5, 0.6) is 5.75 Å². The SMILES string of the molecule is COc1ccc(C[C@H](NC(=O)c2cccc(=O)[nH]2)C(=O)NC(Cc2ccccc2)C(=O)C2(C)CO2)cc1. The molecule has 9 heteroatoms. The quantitative estimate of drug-likeness (QED) is 0.342. The topological polar surface area (TPSA) is 130 Å². The lowest BCUT2D eigenvalue weighted by Gasteiger charge is -2.24. The van der Waals surface area contributed by atoms with Crippen LogP contribution in [0.4, 0.5) is 0 Å². The van der Waals surface area contributed by atoms with Gasteiger partial charge in [-0.25, -0.2) is 0 Å². The summed E-state index contributed by atoms with van der Waals surface area (Å²) in [6.45, 7) is 1.99. The highest BCUT2D eigenvalue weighted by Crippen LogP contribution is 2.29. The Balaban J connectivity index is 1.57. The van der Waals surface area contributed by atoms with Crippen LogP contribution in [0.15, 0.2) is 77.6 Å². The number of aromatic amines is 1. The molecule has 0 saturated carbocycles. The number of hydrogen-bond donors (Lipinski definition) is 3. The number of ketones is 1. The zero-order valence-electron chi connectivity index (χ0n) is 20.7. The minimum atomic E-state index is -1.02. The van der Waals surface area contributed by atoms with Crippen molar-refractivity contribution in [2.45, 2.75) is 37.5 Å². The molecule has 0 aliphatic carbocycles. The van der Waals surface area contributed by atoms with E-state index in [-0.39, 0.29) is 24.3 Å². The van der Waals surface area contributed by atoms with Gasteiger partial charge in [0, 0.05) is 12.5 Å². The van der Waals surface area contributed by atoms with Crippen molar-refractivity contribution in [1.29, 1.82) is 0 Å².